The van der Waals surface area contributed by atoms with E-state index in [4.69, 9.17) is 4.74 Å². The van der Waals surface area contributed by atoms with Crippen molar-refractivity contribution in [1.82, 2.24) is 0 Å². The summed E-state index contributed by atoms with van der Waals surface area (Å²) >= 11 is 0. The van der Waals surface area contributed by atoms with E-state index in [0.717, 1.165) is 11.6 Å². The molecule has 2 unspecified atom stereocenters. The van der Waals surface area contributed by atoms with Gasteiger partial charge in [0.1, 0.15) is 0 Å². The Hall–Kier alpha value is -1.38. The zero-order valence-electron chi connectivity index (χ0n) is 12.7. The average molecular weight is 277 g/mol. The van der Waals surface area contributed by atoms with Gasteiger partial charge in [-0.25, -0.2) is 0 Å². The van der Waals surface area contributed by atoms with Crippen LogP contribution in [0, 0.1) is 5.92 Å². The molecule has 1 aromatic carbocycles. The number of phenolic OH excluding ortho intramolecular Hbond substituents is 1. The summed E-state index contributed by atoms with van der Waals surface area (Å²) in [5, 5.41) is 13.4. The number of phenols is 1. The van der Waals surface area contributed by atoms with Gasteiger partial charge in [-0.3, -0.25) is 0 Å². The van der Waals surface area contributed by atoms with Crippen molar-refractivity contribution in [2.24, 2.45) is 5.92 Å². The molecule has 2 rings (SSSR count). The maximum atomic E-state index is 9.82. The second-order valence-electron chi connectivity index (χ2n) is 5.89. The van der Waals surface area contributed by atoms with Gasteiger partial charge in [-0.05, 0) is 37.3 Å². The molecule has 1 saturated carbocycles. The Morgan fingerprint density at radius 2 is 2.10 bits per heavy atom. The first-order chi connectivity index (χ1) is 9.72. The van der Waals surface area contributed by atoms with E-state index in [2.05, 4.69) is 12.2 Å². The molecule has 0 radical (unpaired) electrons. The Balaban J connectivity index is 1.91. The zero-order valence-corrected chi connectivity index (χ0v) is 12.7. The first-order valence-electron chi connectivity index (χ1n) is 7.86. The summed E-state index contributed by atoms with van der Waals surface area (Å²) < 4.78 is 5.07. The summed E-state index contributed by atoms with van der Waals surface area (Å²) in [7, 11) is 1.57. The predicted molar refractivity (Wildman–Crippen MR) is 83.6 cm³/mol. The van der Waals surface area contributed by atoms with Gasteiger partial charge in [-0.1, -0.05) is 32.6 Å². The van der Waals surface area contributed by atoms with Crippen molar-refractivity contribution in [1.29, 1.82) is 0 Å². The highest BCUT2D eigenvalue weighted by atomic mass is 16.5. The van der Waals surface area contributed by atoms with E-state index in [1.54, 1.807) is 13.2 Å². The topological polar surface area (TPSA) is 41.5 Å². The molecule has 0 amide bonds. The number of hydrogen-bond donors (Lipinski definition) is 2. The lowest BCUT2D eigenvalue weighted by molar-refractivity contribution is 0.373. The van der Waals surface area contributed by atoms with Gasteiger partial charge in [0.25, 0.3) is 0 Å². The van der Waals surface area contributed by atoms with E-state index in [0.29, 0.717) is 11.8 Å². The van der Waals surface area contributed by atoms with Gasteiger partial charge in [0.2, 0.25) is 0 Å². The first-order valence-corrected chi connectivity index (χ1v) is 7.86. The minimum Gasteiger partial charge on any atom is -0.504 e. The monoisotopic (exact) mass is 277 g/mol. The number of rotatable bonds is 5. The fraction of sp³-hybridized carbons (Fsp3) is 0.647. The molecule has 2 atom stereocenters. The molecule has 3 nitrogen and oxygen atoms in total. The van der Waals surface area contributed by atoms with Gasteiger partial charge in [0.05, 0.1) is 7.11 Å². The Labute approximate surface area is 122 Å². The van der Waals surface area contributed by atoms with Crippen LogP contribution >= 0.6 is 0 Å². The molecule has 112 valence electrons. The number of aromatic hydroxyl groups is 1. The first kappa shape index (κ1) is 15.0. The summed E-state index contributed by atoms with van der Waals surface area (Å²) in [6.45, 7) is 2.28. The number of nitrogens with one attached hydrogen (secondary N) is 1. The largest absolute Gasteiger partial charge is 0.504 e. The maximum Gasteiger partial charge on any atom is 0.160 e. The summed E-state index contributed by atoms with van der Waals surface area (Å²) in [5.74, 6) is 1.64. The third kappa shape index (κ3) is 4.06. The lowest BCUT2D eigenvalue weighted by atomic mass is 9.95. The van der Waals surface area contributed by atoms with Crippen LogP contribution in [-0.2, 0) is 0 Å². The number of benzene rings is 1. The second-order valence-corrected chi connectivity index (χ2v) is 5.89. The van der Waals surface area contributed by atoms with Crippen LogP contribution in [0.1, 0.15) is 51.9 Å². The fourth-order valence-corrected chi connectivity index (χ4v) is 3.24. The number of ether oxygens (including phenoxy) is 1. The molecule has 0 heterocycles. The minimum atomic E-state index is 0.204. The maximum absolute atomic E-state index is 9.82. The van der Waals surface area contributed by atoms with E-state index < -0.39 is 0 Å². The molecule has 1 aliphatic rings. The Bertz CT molecular complexity index is 419. The van der Waals surface area contributed by atoms with Gasteiger partial charge < -0.3 is 15.2 Å². The smallest absolute Gasteiger partial charge is 0.160 e. The quantitative estimate of drug-likeness (QED) is 0.775. The zero-order chi connectivity index (χ0) is 14.4. The molecule has 1 aliphatic carbocycles. The molecule has 0 aromatic heterocycles. The Morgan fingerprint density at radius 3 is 2.80 bits per heavy atom. The highest BCUT2D eigenvalue weighted by molar-refractivity contribution is 5.54. The molecular weight excluding hydrogens is 250 g/mol. The Kier molecular flexibility index (Phi) is 5.57. The van der Waals surface area contributed by atoms with Crippen LogP contribution in [0.5, 0.6) is 11.5 Å². The number of methoxy groups -OCH3 is 1. The third-order valence-electron chi connectivity index (χ3n) is 4.33. The Morgan fingerprint density at radius 1 is 1.25 bits per heavy atom. The molecule has 0 aliphatic heterocycles. The summed E-state index contributed by atoms with van der Waals surface area (Å²) in [6, 6.07) is 6.08. The second kappa shape index (κ2) is 7.41. The van der Waals surface area contributed by atoms with Crippen molar-refractivity contribution in [2.75, 3.05) is 12.4 Å². The van der Waals surface area contributed by atoms with Crippen LogP contribution in [-0.4, -0.2) is 18.3 Å². The lowest BCUT2D eigenvalue weighted by Crippen LogP contribution is -2.18. The normalized spacial score (nSPS) is 23.1. The minimum absolute atomic E-state index is 0.204. The van der Waals surface area contributed by atoms with Gasteiger partial charge in [0, 0.05) is 17.8 Å². The number of anilines is 1. The van der Waals surface area contributed by atoms with Crippen molar-refractivity contribution in [3.63, 3.8) is 0 Å². The molecular formula is C17H27NO2. The fourth-order valence-electron chi connectivity index (χ4n) is 3.24. The van der Waals surface area contributed by atoms with Crippen molar-refractivity contribution >= 4 is 5.69 Å². The van der Waals surface area contributed by atoms with Gasteiger partial charge in [-0.2, -0.15) is 0 Å². The summed E-state index contributed by atoms with van der Waals surface area (Å²) in [6.07, 6.45) is 9.15. The molecule has 0 bridgehead atoms. The van der Waals surface area contributed by atoms with Crippen LogP contribution in [0.4, 0.5) is 5.69 Å². The van der Waals surface area contributed by atoms with E-state index in [9.17, 15) is 5.11 Å². The average Bonchev–Trinajstić information content (AvgIpc) is 2.65. The predicted octanol–water partition coefficient (Wildman–Crippen LogP) is 4.56. The summed E-state index contributed by atoms with van der Waals surface area (Å²) in [4.78, 5) is 0. The van der Waals surface area contributed by atoms with Gasteiger partial charge >= 0.3 is 0 Å². The SMILES string of the molecule is CCCC1CCCC(Nc2ccc(OC)c(O)c2)CC1. The molecule has 1 fully saturated rings. The third-order valence-corrected chi connectivity index (χ3v) is 4.33. The van der Waals surface area contributed by atoms with Crippen LogP contribution in [0.15, 0.2) is 18.2 Å². The van der Waals surface area contributed by atoms with Crippen molar-refractivity contribution < 1.29 is 9.84 Å². The van der Waals surface area contributed by atoms with Crippen molar-refractivity contribution in [3.05, 3.63) is 18.2 Å². The molecule has 3 heteroatoms. The summed E-state index contributed by atoms with van der Waals surface area (Å²) in [5.41, 5.74) is 0.988. The molecule has 2 N–H and O–H groups in total. The van der Waals surface area contributed by atoms with Crippen LogP contribution in [0.25, 0.3) is 0 Å². The molecule has 20 heavy (non-hydrogen) atoms. The van der Waals surface area contributed by atoms with Crippen molar-refractivity contribution in [3.8, 4) is 11.5 Å². The van der Waals surface area contributed by atoms with Gasteiger partial charge in [-0.15, -0.1) is 0 Å². The van der Waals surface area contributed by atoms with Crippen LogP contribution in [0.2, 0.25) is 0 Å². The van der Waals surface area contributed by atoms with E-state index >= 15 is 0 Å². The number of hydrogen-bond acceptors (Lipinski definition) is 3. The molecule has 0 spiro atoms. The van der Waals surface area contributed by atoms with Crippen molar-refractivity contribution in [2.45, 2.75) is 57.9 Å². The lowest BCUT2D eigenvalue weighted by Gasteiger charge is -2.18. The van der Waals surface area contributed by atoms with Crippen LogP contribution in [0.3, 0.4) is 0 Å². The van der Waals surface area contributed by atoms with E-state index in [1.807, 2.05) is 12.1 Å². The standard InChI is InChI=1S/C17H27NO2/c1-3-5-13-6-4-7-14(9-8-13)18-15-10-11-17(20-2)16(19)12-15/h10-14,18-19H,3-9H2,1-2H3. The van der Waals surface area contributed by atoms with Gasteiger partial charge in [0.15, 0.2) is 11.5 Å². The molecule has 1 aromatic rings. The van der Waals surface area contributed by atoms with E-state index in [-0.39, 0.29) is 5.75 Å². The van der Waals surface area contributed by atoms with E-state index in [1.165, 1.54) is 44.9 Å². The highest BCUT2D eigenvalue weighted by Gasteiger charge is 2.18. The highest BCUT2D eigenvalue weighted by Crippen LogP contribution is 2.31. The van der Waals surface area contributed by atoms with Crippen LogP contribution < -0.4 is 10.1 Å². The molecule has 0 saturated heterocycles.